The summed E-state index contributed by atoms with van der Waals surface area (Å²) in [4.78, 5) is 0. The van der Waals surface area contributed by atoms with Gasteiger partial charge >= 0.3 is 0 Å². The molecule has 0 aliphatic carbocycles. The van der Waals surface area contributed by atoms with E-state index in [1.54, 1.807) is 7.11 Å². The molecule has 0 aliphatic rings. The highest BCUT2D eigenvalue weighted by molar-refractivity contribution is 5.33. The average Bonchev–Trinajstić information content (AvgIpc) is 2.51. The van der Waals surface area contributed by atoms with Crippen molar-refractivity contribution < 1.29 is 23.3 Å². The number of nitrogens with zero attached hydrogens (tertiary/aromatic N) is 1. The van der Waals surface area contributed by atoms with Gasteiger partial charge in [0.2, 0.25) is 0 Å². The fourth-order valence-corrected chi connectivity index (χ4v) is 1.52. The number of methoxy groups -OCH3 is 1. The first kappa shape index (κ1) is 17.5. The van der Waals surface area contributed by atoms with Gasteiger partial charge < -0.3 is 18.9 Å². The molecule has 0 heterocycles. The third-order valence-corrected chi connectivity index (χ3v) is 2.61. The zero-order chi connectivity index (χ0) is 15.3. The lowest BCUT2D eigenvalue weighted by Gasteiger charge is -2.07. The molecule has 0 bridgehead atoms. The van der Waals surface area contributed by atoms with Crippen molar-refractivity contribution in [2.75, 3.05) is 46.8 Å². The van der Waals surface area contributed by atoms with Crippen LogP contribution in [0.3, 0.4) is 0 Å². The fraction of sp³-hybridized carbons (Fsp3) is 0.533. The Bertz CT molecular complexity index is 448. The van der Waals surface area contributed by atoms with Crippen LogP contribution < -0.4 is 0 Å². The van der Waals surface area contributed by atoms with Crippen LogP contribution in [0.25, 0.3) is 0 Å². The predicted molar refractivity (Wildman–Crippen MR) is 74.3 cm³/mol. The highest BCUT2D eigenvalue weighted by Crippen LogP contribution is 2.11. The second-order valence-corrected chi connectivity index (χ2v) is 4.19. The van der Waals surface area contributed by atoms with Crippen LogP contribution >= 0.6 is 0 Å². The molecule has 0 spiro atoms. The Balaban J connectivity index is 2.05. The minimum atomic E-state index is -0.374. The van der Waals surface area contributed by atoms with Crippen LogP contribution in [0, 0.1) is 17.1 Å². The van der Waals surface area contributed by atoms with Crippen molar-refractivity contribution in [2.45, 2.75) is 6.61 Å². The fourth-order valence-electron chi connectivity index (χ4n) is 1.52. The predicted octanol–water partition coefficient (Wildman–Crippen LogP) is 1.89. The Kier molecular flexibility index (Phi) is 9.33. The van der Waals surface area contributed by atoms with E-state index in [-0.39, 0.29) is 12.4 Å². The summed E-state index contributed by atoms with van der Waals surface area (Å²) in [7, 11) is 1.62. The Morgan fingerprint density at radius 1 is 1.00 bits per heavy atom. The molecule has 0 saturated heterocycles. The van der Waals surface area contributed by atoms with E-state index < -0.39 is 0 Å². The lowest BCUT2D eigenvalue weighted by molar-refractivity contribution is 0.000549. The maximum Gasteiger partial charge on any atom is 0.128 e. The highest BCUT2D eigenvalue weighted by atomic mass is 19.1. The van der Waals surface area contributed by atoms with E-state index in [0.717, 1.165) is 0 Å². The molecule has 0 aromatic heterocycles. The largest absolute Gasteiger partial charge is 0.382 e. The second kappa shape index (κ2) is 11.2. The monoisotopic (exact) mass is 297 g/mol. The van der Waals surface area contributed by atoms with Crippen LogP contribution in [0.2, 0.25) is 0 Å². The molecular formula is C15H20FNO4. The summed E-state index contributed by atoms with van der Waals surface area (Å²) in [6, 6.07) is 6.16. The van der Waals surface area contributed by atoms with Gasteiger partial charge in [0.15, 0.2) is 0 Å². The summed E-state index contributed by atoms with van der Waals surface area (Å²) in [5.74, 6) is -0.374. The van der Waals surface area contributed by atoms with Gasteiger partial charge in [-0.25, -0.2) is 4.39 Å². The first-order valence-corrected chi connectivity index (χ1v) is 6.68. The van der Waals surface area contributed by atoms with Crippen LogP contribution in [0.15, 0.2) is 18.2 Å². The van der Waals surface area contributed by atoms with Crippen molar-refractivity contribution >= 4 is 0 Å². The van der Waals surface area contributed by atoms with Crippen molar-refractivity contribution in [1.29, 1.82) is 5.26 Å². The molecule has 0 saturated carbocycles. The number of hydrogen-bond donors (Lipinski definition) is 0. The van der Waals surface area contributed by atoms with Gasteiger partial charge in [-0.3, -0.25) is 0 Å². The van der Waals surface area contributed by atoms with E-state index in [1.807, 2.05) is 6.07 Å². The SMILES string of the molecule is COCCOCCOCCOCc1cc(C#N)ccc1F. The topological polar surface area (TPSA) is 60.7 Å². The van der Waals surface area contributed by atoms with Gasteiger partial charge in [-0.1, -0.05) is 0 Å². The van der Waals surface area contributed by atoms with Crippen molar-refractivity contribution in [3.8, 4) is 6.07 Å². The third kappa shape index (κ3) is 7.73. The van der Waals surface area contributed by atoms with E-state index in [2.05, 4.69) is 0 Å². The molecule has 0 fully saturated rings. The van der Waals surface area contributed by atoms with Gasteiger partial charge in [-0.15, -0.1) is 0 Å². The molecular weight excluding hydrogens is 277 g/mol. The van der Waals surface area contributed by atoms with Crippen LogP contribution in [0.4, 0.5) is 4.39 Å². The zero-order valence-electron chi connectivity index (χ0n) is 12.1. The highest BCUT2D eigenvalue weighted by Gasteiger charge is 2.03. The summed E-state index contributed by atoms with van der Waals surface area (Å²) in [5.41, 5.74) is 0.788. The van der Waals surface area contributed by atoms with E-state index in [0.29, 0.717) is 50.8 Å². The first-order chi connectivity index (χ1) is 10.3. The minimum absolute atomic E-state index is 0.120. The number of rotatable bonds is 11. The molecule has 1 aromatic carbocycles. The van der Waals surface area contributed by atoms with Crippen LogP contribution in [0.1, 0.15) is 11.1 Å². The number of ether oxygens (including phenoxy) is 4. The quantitative estimate of drug-likeness (QED) is 0.584. The maximum atomic E-state index is 13.4. The van der Waals surface area contributed by atoms with Crippen LogP contribution in [-0.4, -0.2) is 46.8 Å². The lowest BCUT2D eigenvalue weighted by Crippen LogP contribution is -2.11. The summed E-state index contributed by atoms with van der Waals surface area (Å²) >= 11 is 0. The molecule has 0 amide bonds. The van der Waals surface area contributed by atoms with Gasteiger partial charge in [0.05, 0.1) is 57.9 Å². The molecule has 1 rings (SSSR count). The Labute approximate surface area is 124 Å². The zero-order valence-corrected chi connectivity index (χ0v) is 12.1. The van der Waals surface area contributed by atoms with Gasteiger partial charge in [0.25, 0.3) is 0 Å². The van der Waals surface area contributed by atoms with Crippen LogP contribution in [-0.2, 0) is 25.6 Å². The van der Waals surface area contributed by atoms with Crippen molar-refractivity contribution in [1.82, 2.24) is 0 Å². The minimum Gasteiger partial charge on any atom is -0.382 e. The van der Waals surface area contributed by atoms with Gasteiger partial charge in [-0.2, -0.15) is 5.26 Å². The molecule has 21 heavy (non-hydrogen) atoms. The second-order valence-electron chi connectivity index (χ2n) is 4.19. The molecule has 0 aliphatic heterocycles. The maximum absolute atomic E-state index is 13.4. The average molecular weight is 297 g/mol. The standard InChI is InChI=1S/C15H20FNO4/c1-18-4-5-19-6-7-20-8-9-21-12-14-10-13(11-17)2-3-15(14)16/h2-3,10H,4-9,12H2,1H3. The number of hydrogen-bond acceptors (Lipinski definition) is 5. The molecule has 5 nitrogen and oxygen atoms in total. The molecule has 116 valence electrons. The first-order valence-electron chi connectivity index (χ1n) is 6.68. The number of nitriles is 1. The Hall–Kier alpha value is -1.52. The number of benzene rings is 1. The summed E-state index contributed by atoms with van der Waals surface area (Å²) < 4.78 is 34.1. The third-order valence-electron chi connectivity index (χ3n) is 2.61. The smallest absolute Gasteiger partial charge is 0.128 e. The molecule has 0 atom stereocenters. The molecule has 0 N–H and O–H groups in total. The van der Waals surface area contributed by atoms with E-state index in [9.17, 15) is 4.39 Å². The molecule has 6 heteroatoms. The van der Waals surface area contributed by atoms with Gasteiger partial charge in [-0.05, 0) is 18.2 Å². The van der Waals surface area contributed by atoms with Crippen molar-refractivity contribution in [2.24, 2.45) is 0 Å². The van der Waals surface area contributed by atoms with E-state index in [1.165, 1.54) is 18.2 Å². The Morgan fingerprint density at radius 3 is 2.24 bits per heavy atom. The van der Waals surface area contributed by atoms with Crippen LogP contribution in [0.5, 0.6) is 0 Å². The van der Waals surface area contributed by atoms with E-state index in [4.69, 9.17) is 24.2 Å². The lowest BCUT2D eigenvalue weighted by atomic mass is 10.1. The van der Waals surface area contributed by atoms with E-state index >= 15 is 0 Å². The summed E-state index contributed by atoms with van der Waals surface area (Å²) in [6.45, 7) is 2.98. The molecule has 0 unspecified atom stereocenters. The van der Waals surface area contributed by atoms with Gasteiger partial charge in [0, 0.05) is 12.7 Å². The normalized spacial score (nSPS) is 10.5. The summed E-state index contributed by atoms with van der Waals surface area (Å²) in [6.07, 6.45) is 0. The molecule has 0 radical (unpaired) electrons. The summed E-state index contributed by atoms with van der Waals surface area (Å²) in [5, 5.41) is 8.75. The van der Waals surface area contributed by atoms with Crippen molar-refractivity contribution in [3.05, 3.63) is 35.1 Å². The number of halogens is 1. The van der Waals surface area contributed by atoms with Gasteiger partial charge in [0.1, 0.15) is 5.82 Å². The molecule has 1 aromatic rings. The Morgan fingerprint density at radius 2 is 1.62 bits per heavy atom. The van der Waals surface area contributed by atoms with Crippen molar-refractivity contribution in [3.63, 3.8) is 0 Å².